The van der Waals surface area contributed by atoms with Gasteiger partial charge in [0.25, 0.3) is 0 Å². The van der Waals surface area contributed by atoms with Crippen molar-refractivity contribution in [2.45, 2.75) is 13.5 Å². The van der Waals surface area contributed by atoms with Gasteiger partial charge in [-0.25, -0.2) is 0 Å². The van der Waals surface area contributed by atoms with Crippen molar-refractivity contribution in [3.63, 3.8) is 0 Å². The SMILES string of the molecule is Cc1cc(NCc2ccccc2Cl)c2nncn2n1. The predicted octanol–water partition coefficient (Wildman–Crippen LogP) is 2.70. The predicted molar refractivity (Wildman–Crippen MR) is 74.3 cm³/mol. The van der Waals surface area contributed by atoms with Crippen molar-refractivity contribution in [2.75, 3.05) is 5.32 Å². The number of hydrogen-bond acceptors (Lipinski definition) is 4. The summed E-state index contributed by atoms with van der Waals surface area (Å²) in [4.78, 5) is 0. The van der Waals surface area contributed by atoms with E-state index in [9.17, 15) is 0 Å². The van der Waals surface area contributed by atoms with Gasteiger partial charge in [0.1, 0.15) is 6.33 Å². The molecule has 3 aromatic rings. The quantitative estimate of drug-likeness (QED) is 0.797. The molecule has 0 saturated heterocycles. The van der Waals surface area contributed by atoms with E-state index in [0.29, 0.717) is 12.2 Å². The van der Waals surface area contributed by atoms with Gasteiger partial charge in [-0.1, -0.05) is 29.8 Å². The summed E-state index contributed by atoms with van der Waals surface area (Å²) in [6.07, 6.45) is 1.59. The molecule has 0 saturated carbocycles. The number of nitrogens with one attached hydrogen (secondary N) is 1. The number of aromatic nitrogens is 4. The van der Waals surface area contributed by atoms with Crippen LogP contribution in [0.5, 0.6) is 0 Å². The first-order valence-electron chi connectivity index (χ1n) is 5.89. The summed E-state index contributed by atoms with van der Waals surface area (Å²) < 4.78 is 1.66. The average molecular weight is 274 g/mol. The first kappa shape index (κ1) is 11.9. The molecular weight excluding hydrogens is 262 g/mol. The molecule has 96 valence electrons. The zero-order valence-electron chi connectivity index (χ0n) is 10.3. The lowest BCUT2D eigenvalue weighted by molar-refractivity contribution is 0.892. The Bertz CT molecular complexity index is 722. The summed E-state index contributed by atoms with van der Waals surface area (Å²) in [5, 5.41) is 16.3. The number of aryl methyl sites for hydroxylation is 1. The Morgan fingerprint density at radius 1 is 1.32 bits per heavy atom. The number of halogens is 1. The fraction of sp³-hybridized carbons (Fsp3) is 0.154. The van der Waals surface area contributed by atoms with Crippen LogP contribution < -0.4 is 5.32 Å². The minimum absolute atomic E-state index is 0.631. The van der Waals surface area contributed by atoms with Crippen LogP contribution in [0.3, 0.4) is 0 Å². The van der Waals surface area contributed by atoms with Gasteiger partial charge in [0.05, 0.1) is 11.4 Å². The van der Waals surface area contributed by atoms with Gasteiger partial charge in [-0.3, -0.25) is 0 Å². The van der Waals surface area contributed by atoms with E-state index in [1.807, 2.05) is 37.3 Å². The van der Waals surface area contributed by atoms with Crippen LogP contribution in [0.1, 0.15) is 11.3 Å². The van der Waals surface area contributed by atoms with Gasteiger partial charge in [-0.15, -0.1) is 10.2 Å². The van der Waals surface area contributed by atoms with E-state index >= 15 is 0 Å². The summed E-state index contributed by atoms with van der Waals surface area (Å²) in [6.45, 7) is 2.56. The standard InChI is InChI=1S/C13H12ClN5/c1-9-6-12(13-17-16-8-19(13)18-9)15-7-10-4-2-3-5-11(10)14/h2-6,8,15H,7H2,1H3. The maximum absolute atomic E-state index is 6.13. The highest BCUT2D eigenvalue weighted by molar-refractivity contribution is 6.31. The summed E-state index contributed by atoms with van der Waals surface area (Å²) >= 11 is 6.13. The number of hydrogen-bond donors (Lipinski definition) is 1. The molecule has 0 unspecified atom stereocenters. The smallest absolute Gasteiger partial charge is 0.200 e. The van der Waals surface area contributed by atoms with Crippen molar-refractivity contribution < 1.29 is 0 Å². The maximum atomic E-state index is 6.13. The molecule has 0 radical (unpaired) electrons. The van der Waals surface area contributed by atoms with Crippen LogP contribution in [0.15, 0.2) is 36.7 Å². The summed E-state index contributed by atoms with van der Waals surface area (Å²) in [6, 6.07) is 9.70. The molecule has 0 aliphatic heterocycles. The van der Waals surface area contributed by atoms with Crippen molar-refractivity contribution in [1.82, 2.24) is 19.8 Å². The molecule has 0 bridgehead atoms. The van der Waals surface area contributed by atoms with Crippen molar-refractivity contribution in [1.29, 1.82) is 0 Å². The highest BCUT2D eigenvalue weighted by Crippen LogP contribution is 2.19. The highest BCUT2D eigenvalue weighted by Gasteiger charge is 2.06. The van der Waals surface area contributed by atoms with Gasteiger partial charge in [0.15, 0.2) is 0 Å². The zero-order valence-corrected chi connectivity index (χ0v) is 11.1. The fourth-order valence-corrected chi connectivity index (χ4v) is 2.12. The molecule has 3 rings (SSSR count). The van der Waals surface area contributed by atoms with Crippen LogP contribution in [0, 0.1) is 6.92 Å². The number of benzene rings is 1. The molecule has 0 atom stereocenters. The monoisotopic (exact) mass is 273 g/mol. The topological polar surface area (TPSA) is 55.1 Å². The highest BCUT2D eigenvalue weighted by atomic mass is 35.5. The molecular formula is C13H12ClN5. The van der Waals surface area contributed by atoms with Gasteiger partial charge in [-0.05, 0) is 24.6 Å². The van der Waals surface area contributed by atoms with Crippen LogP contribution in [0.4, 0.5) is 5.69 Å². The molecule has 5 nitrogen and oxygen atoms in total. The van der Waals surface area contributed by atoms with E-state index in [1.54, 1.807) is 10.8 Å². The third kappa shape index (κ3) is 2.37. The third-order valence-corrected chi connectivity index (χ3v) is 3.19. The molecule has 2 heterocycles. The second kappa shape index (κ2) is 4.85. The lowest BCUT2D eigenvalue weighted by Gasteiger charge is -2.09. The first-order valence-corrected chi connectivity index (χ1v) is 6.27. The number of nitrogens with zero attached hydrogens (tertiary/aromatic N) is 4. The summed E-state index contributed by atoms with van der Waals surface area (Å²) in [5.74, 6) is 0. The first-order chi connectivity index (χ1) is 9.24. The Balaban J connectivity index is 1.90. The van der Waals surface area contributed by atoms with Gasteiger partial charge < -0.3 is 5.32 Å². The molecule has 1 aromatic carbocycles. The van der Waals surface area contributed by atoms with E-state index in [0.717, 1.165) is 22.0 Å². The minimum atomic E-state index is 0.631. The van der Waals surface area contributed by atoms with Gasteiger partial charge >= 0.3 is 0 Å². The van der Waals surface area contributed by atoms with Crippen molar-refractivity contribution in [3.8, 4) is 0 Å². The van der Waals surface area contributed by atoms with Crippen molar-refractivity contribution >= 4 is 22.9 Å². The Kier molecular flexibility index (Phi) is 3.05. The van der Waals surface area contributed by atoms with Crippen LogP contribution in [-0.4, -0.2) is 19.8 Å². The third-order valence-electron chi connectivity index (χ3n) is 2.82. The molecule has 1 N–H and O–H groups in total. The van der Waals surface area contributed by atoms with Crippen LogP contribution >= 0.6 is 11.6 Å². The van der Waals surface area contributed by atoms with E-state index in [2.05, 4.69) is 20.6 Å². The molecule has 19 heavy (non-hydrogen) atoms. The fourth-order valence-electron chi connectivity index (χ4n) is 1.91. The molecule has 6 heteroatoms. The Hall–Kier alpha value is -2.14. The lowest BCUT2D eigenvalue weighted by Crippen LogP contribution is -2.04. The Labute approximate surface area is 115 Å². The number of fused-ring (bicyclic) bond motifs is 1. The molecule has 0 amide bonds. The van der Waals surface area contributed by atoms with Gasteiger partial charge in [-0.2, -0.15) is 9.61 Å². The largest absolute Gasteiger partial charge is 0.378 e. The van der Waals surface area contributed by atoms with E-state index in [4.69, 9.17) is 11.6 Å². The van der Waals surface area contributed by atoms with Crippen LogP contribution in [0.2, 0.25) is 5.02 Å². The average Bonchev–Trinajstić information content (AvgIpc) is 2.85. The van der Waals surface area contributed by atoms with Gasteiger partial charge in [0.2, 0.25) is 5.65 Å². The molecule has 0 fully saturated rings. The number of rotatable bonds is 3. The second-order valence-corrected chi connectivity index (χ2v) is 4.65. The zero-order chi connectivity index (χ0) is 13.2. The van der Waals surface area contributed by atoms with Crippen molar-refractivity contribution in [2.24, 2.45) is 0 Å². The second-order valence-electron chi connectivity index (χ2n) is 4.24. The van der Waals surface area contributed by atoms with Gasteiger partial charge in [0, 0.05) is 11.6 Å². The Morgan fingerprint density at radius 2 is 2.16 bits per heavy atom. The summed E-state index contributed by atoms with van der Waals surface area (Å²) in [5.41, 5.74) is 3.54. The molecule has 2 aromatic heterocycles. The van der Waals surface area contributed by atoms with Crippen molar-refractivity contribution in [3.05, 3.63) is 52.9 Å². The Morgan fingerprint density at radius 3 is 3.00 bits per heavy atom. The van der Waals surface area contributed by atoms with E-state index in [-0.39, 0.29) is 0 Å². The molecule has 0 spiro atoms. The molecule has 0 aliphatic rings. The van der Waals surface area contributed by atoms with Crippen LogP contribution in [-0.2, 0) is 6.54 Å². The summed E-state index contributed by atoms with van der Waals surface area (Å²) in [7, 11) is 0. The van der Waals surface area contributed by atoms with Crippen LogP contribution in [0.25, 0.3) is 5.65 Å². The lowest BCUT2D eigenvalue weighted by atomic mass is 10.2. The number of anilines is 1. The normalized spacial score (nSPS) is 10.8. The minimum Gasteiger partial charge on any atom is -0.378 e. The van der Waals surface area contributed by atoms with E-state index in [1.165, 1.54) is 0 Å². The maximum Gasteiger partial charge on any atom is 0.200 e. The van der Waals surface area contributed by atoms with E-state index < -0.39 is 0 Å². The molecule has 0 aliphatic carbocycles.